The fourth-order valence-corrected chi connectivity index (χ4v) is 4.47. The summed E-state index contributed by atoms with van der Waals surface area (Å²) in [5.41, 5.74) is 7.86. The Bertz CT molecular complexity index is 732. The fraction of sp³-hybridized carbons (Fsp3) is 0.524. The second kappa shape index (κ2) is 7.91. The van der Waals surface area contributed by atoms with Crippen LogP contribution in [0.2, 0.25) is 0 Å². The van der Waals surface area contributed by atoms with Gasteiger partial charge in [0.1, 0.15) is 17.3 Å². The van der Waals surface area contributed by atoms with Crippen molar-refractivity contribution in [3.8, 4) is 0 Å². The van der Waals surface area contributed by atoms with E-state index in [4.69, 9.17) is 4.42 Å². The van der Waals surface area contributed by atoms with Gasteiger partial charge in [-0.2, -0.15) is 0 Å². The molecule has 0 radical (unpaired) electrons. The number of hydrazine groups is 1. The molecule has 4 nitrogen and oxygen atoms in total. The molecule has 5 heteroatoms. The SMILES string of the molecule is CCc1ccc(CN2CCCC(C3NNCC3c3cccc(F)c3)C2)o1. The largest absolute Gasteiger partial charge is 0.465 e. The van der Waals surface area contributed by atoms with Gasteiger partial charge in [0.25, 0.3) is 0 Å². The highest BCUT2D eigenvalue weighted by Crippen LogP contribution is 2.32. The zero-order valence-electron chi connectivity index (χ0n) is 15.4. The molecule has 3 unspecified atom stereocenters. The van der Waals surface area contributed by atoms with Gasteiger partial charge in [-0.1, -0.05) is 19.1 Å². The van der Waals surface area contributed by atoms with Crippen LogP contribution < -0.4 is 10.9 Å². The molecule has 2 fully saturated rings. The third-order valence-corrected chi connectivity index (χ3v) is 5.80. The molecule has 0 spiro atoms. The monoisotopic (exact) mass is 357 g/mol. The van der Waals surface area contributed by atoms with Gasteiger partial charge >= 0.3 is 0 Å². The summed E-state index contributed by atoms with van der Waals surface area (Å²) in [5.74, 6) is 2.82. The Morgan fingerprint density at radius 1 is 1.23 bits per heavy atom. The lowest BCUT2D eigenvalue weighted by molar-refractivity contribution is 0.131. The van der Waals surface area contributed by atoms with E-state index in [-0.39, 0.29) is 5.82 Å². The highest BCUT2D eigenvalue weighted by atomic mass is 19.1. The van der Waals surface area contributed by atoms with Crippen LogP contribution in [0.5, 0.6) is 0 Å². The lowest BCUT2D eigenvalue weighted by Crippen LogP contribution is -2.46. The Labute approximate surface area is 154 Å². The molecule has 0 bridgehead atoms. The standard InChI is InChI=1S/C21H28FN3O/c1-2-18-8-9-19(26-18)14-25-10-4-6-16(13-25)21-20(12-23-24-21)15-5-3-7-17(22)11-15/h3,5,7-9,11,16,20-21,23-24H,2,4,6,10,12-14H2,1H3. The van der Waals surface area contributed by atoms with Gasteiger partial charge in [0, 0.05) is 31.5 Å². The van der Waals surface area contributed by atoms with Gasteiger partial charge in [0.2, 0.25) is 0 Å². The second-order valence-electron chi connectivity index (χ2n) is 7.57. The van der Waals surface area contributed by atoms with E-state index in [9.17, 15) is 4.39 Å². The summed E-state index contributed by atoms with van der Waals surface area (Å²) in [6.45, 7) is 6.01. The average molecular weight is 357 g/mol. The molecule has 2 aliphatic heterocycles. The summed E-state index contributed by atoms with van der Waals surface area (Å²) < 4.78 is 19.6. The van der Waals surface area contributed by atoms with E-state index in [2.05, 4.69) is 34.8 Å². The predicted octanol–water partition coefficient (Wildman–Crippen LogP) is 3.45. The Balaban J connectivity index is 1.43. The maximum atomic E-state index is 13.7. The van der Waals surface area contributed by atoms with Crippen LogP contribution in [0.1, 0.15) is 42.8 Å². The maximum Gasteiger partial charge on any atom is 0.123 e. The van der Waals surface area contributed by atoms with E-state index in [0.717, 1.165) is 49.7 Å². The minimum Gasteiger partial charge on any atom is -0.465 e. The van der Waals surface area contributed by atoms with Crippen LogP contribution in [0.25, 0.3) is 0 Å². The first-order chi connectivity index (χ1) is 12.7. The molecule has 2 saturated heterocycles. The van der Waals surface area contributed by atoms with Crippen molar-refractivity contribution in [1.29, 1.82) is 0 Å². The second-order valence-corrected chi connectivity index (χ2v) is 7.57. The molecule has 140 valence electrons. The van der Waals surface area contributed by atoms with Crippen molar-refractivity contribution in [2.45, 2.75) is 44.7 Å². The molecule has 4 rings (SSSR count). The summed E-state index contributed by atoms with van der Waals surface area (Å²) in [4.78, 5) is 2.50. The van der Waals surface area contributed by atoms with E-state index in [0.29, 0.717) is 17.9 Å². The summed E-state index contributed by atoms with van der Waals surface area (Å²) in [7, 11) is 0. The van der Waals surface area contributed by atoms with Gasteiger partial charge in [-0.3, -0.25) is 15.8 Å². The average Bonchev–Trinajstić information content (AvgIpc) is 3.31. The molecule has 1 aromatic heterocycles. The van der Waals surface area contributed by atoms with Crippen molar-refractivity contribution >= 4 is 0 Å². The van der Waals surface area contributed by atoms with Crippen LogP contribution in [-0.2, 0) is 13.0 Å². The van der Waals surface area contributed by atoms with Crippen LogP contribution in [-0.4, -0.2) is 30.6 Å². The highest BCUT2D eigenvalue weighted by Gasteiger charge is 2.36. The lowest BCUT2D eigenvalue weighted by Gasteiger charge is -2.37. The maximum absolute atomic E-state index is 13.7. The summed E-state index contributed by atoms with van der Waals surface area (Å²) in [5, 5.41) is 0. The lowest BCUT2D eigenvalue weighted by atomic mass is 9.81. The van der Waals surface area contributed by atoms with Crippen LogP contribution in [0, 0.1) is 11.7 Å². The van der Waals surface area contributed by atoms with Crippen molar-refractivity contribution in [2.75, 3.05) is 19.6 Å². The topological polar surface area (TPSA) is 40.4 Å². The van der Waals surface area contributed by atoms with Crippen molar-refractivity contribution in [2.24, 2.45) is 5.92 Å². The number of furan rings is 1. The molecular weight excluding hydrogens is 329 g/mol. The molecule has 0 saturated carbocycles. The molecule has 3 heterocycles. The smallest absolute Gasteiger partial charge is 0.123 e. The number of piperidine rings is 1. The van der Waals surface area contributed by atoms with Crippen molar-refractivity contribution in [3.05, 3.63) is 59.3 Å². The molecule has 2 aromatic rings. The van der Waals surface area contributed by atoms with E-state index in [1.54, 1.807) is 6.07 Å². The van der Waals surface area contributed by atoms with Crippen LogP contribution >= 0.6 is 0 Å². The molecule has 2 aliphatic rings. The number of likely N-dealkylation sites (tertiary alicyclic amines) is 1. The number of nitrogens with one attached hydrogen (secondary N) is 2. The molecule has 1 aromatic carbocycles. The van der Waals surface area contributed by atoms with E-state index in [1.165, 1.54) is 18.9 Å². The third kappa shape index (κ3) is 3.85. The van der Waals surface area contributed by atoms with Gasteiger partial charge < -0.3 is 4.42 Å². The van der Waals surface area contributed by atoms with Crippen LogP contribution in [0.15, 0.2) is 40.8 Å². The first-order valence-corrected chi connectivity index (χ1v) is 9.76. The number of hydrogen-bond donors (Lipinski definition) is 2. The predicted molar refractivity (Wildman–Crippen MR) is 100 cm³/mol. The highest BCUT2D eigenvalue weighted by molar-refractivity contribution is 5.24. The number of rotatable bonds is 5. The molecule has 0 amide bonds. The summed E-state index contributed by atoms with van der Waals surface area (Å²) in [6.07, 6.45) is 3.34. The first-order valence-electron chi connectivity index (χ1n) is 9.76. The van der Waals surface area contributed by atoms with Crippen molar-refractivity contribution < 1.29 is 8.81 Å². The van der Waals surface area contributed by atoms with Gasteiger partial charge in [0.05, 0.1) is 6.54 Å². The number of nitrogens with zero attached hydrogens (tertiary/aromatic N) is 1. The number of halogens is 1. The first kappa shape index (κ1) is 17.7. The van der Waals surface area contributed by atoms with E-state index < -0.39 is 0 Å². The quantitative estimate of drug-likeness (QED) is 0.860. The van der Waals surface area contributed by atoms with Crippen molar-refractivity contribution in [3.63, 3.8) is 0 Å². The summed E-state index contributed by atoms with van der Waals surface area (Å²) >= 11 is 0. The molecule has 0 aliphatic carbocycles. The third-order valence-electron chi connectivity index (χ3n) is 5.80. The molecular formula is C21H28FN3O. The fourth-order valence-electron chi connectivity index (χ4n) is 4.47. The molecule has 2 N–H and O–H groups in total. The Morgan fingerprint density at radius 2 is 2.12 bits per heavy atom. The molecule has 3 atom stereocenters. The number of aryl methyl sites for hydroxylation is 1. The van der Waals surface area contributed by atoms with Crippen LogP contribution in [0.3, 0.4) is 0 Å². The minimum atomic E-state index is -0.150. The Hall–Kier alpha value is -1.69. The zero-order chi connectivity index (χ0) is 17.9. The van der Waals surface area contributed by atoms with Gasteiger partial charge in [-0.25, -0.2) is 4.39 Å². The Kier molecular flexibility index (Phi) is 5.38. The summed E-state index contributed by atoms with van der Waals surface area (Å²) in [6, 6.07) is 11.6. The zero-order valence-corrected chi connectivity index (χ0v) is 15.4. The molecule has 26 heavy (non-hydrogen) atoms. The number of hydrogen-bond acceptors (Lipinski definition) is 4. The normalized spacial score (nSPS) is 27.1. The van der Waals surface area contributed by atoms with Gasteiger partial charge in [0.15, 0.2) is 0 Å². The van der Waals surface area contributed by atoms with E-state index >= 15 is 0 Å². The van der Waals surface area contributed by atoms with Gasteiger partial charge in [-0.05, 0) is 55.1 Å². The minimum absolute atomic E-state index is 0.150. The van der Waals surface area contributed by atoms with Crippen LogP contribution in [0.4, 0.5) is 4.39 Å². The number of benzene rings is 1. The van der Waals surface area contributed by atoms with Gasteiger partial charge in [-0.15, -0.1) is 0 Å². The van der Waals surface area contributed by atoms with Crippen molar-refractivity contribution in [1.82, 2.24) is 15.8 Å². The Morgan fingerprint density at radius 3 is 2.92 bits per heavy atom. The van der Waals surface area contributed by atoms with E-state index in [1.807, 2.05) is 12.1 Å².